The van der Waals surface area contributed by atoms with Gasteiger partial charge in [-0.05, 0) is 30.3 Å². The smallest absolute Gasteiger partial charge is 0.271 e. The molecule has 0 unspecified atom stereocenters. The van der Waals surface area contributed by atoms with Crippen molar-refractivity contribution in [1.29, 1.82) is 0 Å². The van der Waals surface area contributed by atoms with Crippen LogP contribution in [0.5, 0.6) is 0 Å². The number of anilines is 1. The summed E-state index contributed by atoms with van der Waals surface area (Å²) in [6, 6.07) is 11.3. The van der Waals surface area contributed by atoms with E-state index in [1.807, 2.05) is 0 Å². The Hall–Kier alpha value is -3.62. The van der Waals surface area contributed by atoms with Crippen molar-refractivity contribution in [1.82, 2.24) is 10.1 Å². The van der Waals surface area contributed by atoms with Gasteiger partial charge in [0.2, 0.25) is 17.6 Å². The summed E-state index contributed by atoms with van der Waals surface area (Å²) in [5.74, 6) is -0.139. The van der Waals surface area contributed by atoms with Crippen molar-refractivity contribution in [3.05, 3.63) is 70.4 Å². The van der Waals surface area contributed by atoms with Gasteiger partial charge in [0, 0.05) is 36.2 Å². The molecule has 3 rings (SSSR count). The highest BCUT2D eigenvalue weighted by atomic mass is 19.1. The largest absolute Gasteiger partial charge is 0.339 e. The van der Waals surface area contributed by atoms with Crippen molar-refractivity contribution in [2.24, 2.45) is 0 Å². The third-order valence-electron chi connectivity index (χ3n) is 3.48. The van der Waals surface area contributed by atoms with Crippen molar-refractivity contribution in [3.8, 4) is 11.4 Å². The van der Waals surface area contributed by atoms with E-state index in [9.17, 15) is 19.3 Å². The Morgan fingerprint density at radius 3 is 2.73 bits per heavy atom. The van der Waals surface area contributed by atoms with E-state index in [0.29, 0.717) is 17.1 Å². The van der Waals surface area contributed by atoms with E-state index in [1.165, 1.54) is 42.5 Å². The number of nitro groups is 1. The van der Waals surface area contributed by atoms with E-state index in [0.717, 1.165) is 0 Å². The molecule has 0 aliphatic carbocycles. The number of nitro benzene ring substituents is 1. The predicted molar refractivity (Wildman–Crippen MR) is 89.7 cm³/mol. The number of carbonyl (C=O) groups excluding carboxylic acids is 1. The summed E-state index contributed by atoms with van der Waals surface area (Å²) in [5.41, 5.74) is 0.827. The first-order valence-corrected chi connectivity index (χ1v) is 7.64. The molecule has 1 heterocycles. The molecule has 1 amide bonds. The summed E-state index contributed by atoms with van der Waals surface area (Å²) in [5, 5.41) is 17.1. The fourth-order valence-corrected chi connectivity index (χ4v) is 2.21. The van der Waals surface area contributed by atoms with Crippen LogP contribution in [0.2, 0.25) is 0 Å². The average Bonchev–Trinajstić information content (AvgIpc) is 3.10. The third-order valence-corrected chi connectivity index (χ3v) is 3.48. The minimum absolute atomic E-state index is 0.0632. The normalized spacial score (nSPS) is 10.5. The average molecular weight is 356 g/mol. The number of hydrogen-bond donors (Lipinski definition) is 1. The number of amides is 1. The topological polar surface area (TPSA) is 111 Å². The lowest BCUT2D eigenvalue weighted by Crippen LogP contribution is -2.12. The highest BCUT2D eigenvalue weighted by Crippen LogP contribution is 2.18. The first-order valence-electron chi connectivity index (χ1n) is 7.64. The van der Waals surface area contributed by atoms with Crippen LogP contribution in [0, 0.1) is 15.9 Å². The Morgan fingerprint density at radius 1 is 1.23 bits per heavy atom. The van der Waals surface area contributed by atoms with Crippen molar-refractivity contribution in [3.63, 3.8) is 0 Å². The van der Waals surface area contributed by atoms with E-state index in [-0.39, 0.29) is 36.1 Å². The van der Waals surface area contributed by atoms with Crippen LogP contribution in [0.25, 0.3) is 11.4 Å². The van der Waals surface area contributed by atoms with Gasteiger partial charge in [-0.3, -0.25) is 14.9 Å². The SMILES string of the molecule is O=C(CCc1nc(-c2ccc(F)cc2)no1)Nc1cccc([N+](=O)[O-])c1. The maximum absolute atomic E-state index is 12.9. The van der Waals surface area contributed by atoms with Crippen LogP contribution in [0.4, 0.5) is 15.8 Å². The molecule has 0 fully saturated rings. The van der Waals surface area contributed by atoms with Crippen molar-refractivity contribution < 1.29 is 18.6 Å². The van der Waals surface area contributed by atoms with E-state index in [2.05, 4.69) is 15.5 Å². The quantitative estimate of drug-likeness (QED) is 0.535. The molecule has 26 heavy (non-hydrogen) atoms. The molecule has 0 spiro atoms. The van der Waals surface area contributed by atoms with Gasteiger partial charge in [0.05, 0.1) is 4.92 Å². The van der Waals surface area contributed by atoms with Gasteiger partial charge in [0.25, 0.3) is 5.69 Å². The lowest BCUT2D eigenvalue weighted by molar-refractivity contribution is -0.384. The van der Waals surface area contributed by atoms with E-state index < -0.39 is 4.92 Å². The molecule has 2 aromatic carbocycles. The first-order chi connectivity index (χ1) is 12.5. The monoisotopic (exact) mass is 356 g/mol. The Kier molecular flexibility index (Phi) is 4.97. The number of benzene rings is 2. The molecule has 0 saturated heterocycles. The van der Waals surface area contributed by atoms with Crippen LogP contribution in [-0.4, -0.2) is 21.0 Å². The second kappa shape index (κ2) is 7.51. The lowest BCUT2D eigenvalue weighted by atomic mass is 10.2. The third kappa shape index (κ3) is 4.26. The van der Waals surface area contributed by atoms with Gasteiger partial charge in [-0.1, -0.05) is 11.2 Å². The second-order valence-electron chi connectivity index (χ2n) is 5.37. The van der Waals surface area contributed by atoms with Gasteiger partial charge in [0.1, 0.15) is 5.82 Å². The van der Waals surface area contributed by atoms with Crippen molar-refractivity contribution in [2.75, 3.05) is 5.32 Å². The number of aryl methyl sites for hydroxylation is 1. The lowest BCUT2D eigenvalue weighted by Gasteiger charge is -2.03. The van der Waals surface area contributed by atoms with Gasteiger partial charge in [-0.15, -0.1) is 0 Å². The second-order valence-corrected chi connectivity index (χ2v) is 5.37. The summed E-state index contributed by atoms with van der Waals surface area (Å²) < 4.78 is 18.0. The van der Waals surface area contributed by atoms with E-state index >= 15 is 0 Å². The number of non-ortho nitro benzene ring substituents is 1. The molecule has 1 N–H and O–H groups in total. The number of nitrogens with one attached hydrogen (secondary N) is 1. The zero-order valence-corrected chi connectivity index (χ0v) is 13.4. The van der Waals surface area contributed by atoms with Crippen LogP contribution < -0.4 is 5.32 Å². The first kappa shape index (κ1) is 17.2. The van der Waals surface area contributed by atoms with Gasteiger partial charge < -0.3 is 9.84 Å². The van der Waals surface area contributed by atoms with Crippen LogP contribution in [0.1, 0.15) is 12.3 Å². The van der Waals surface area contributed by atoms with Crippen LogP contribution in [-0.2, 0) is 11.2 Å². The highest BCUT2D eigenvalue weighted by molar-refractivity contribution is 5.91. The number of aromatic nitrogens is 2. The molecule has 3 aromatic rings. The van der Waals surface area contributed by atoms with Gasteiger partial charge in [0.15, 0.2) is 0 Å². The Bertz CT molecular complexity index is 940. The van der Waals surface area contributed by atoms with Crippen molar-refractivity contribution >= 4 is 17.3 Å². The molecule has 0 bridgehead atoms. The molecule has 0 radical (unpaired) electrons. The van der Waals surface area contributed by atoms with Crippen LogP contribution in [0.3, 0.4) is 0 Å². The Balaban J connectivity index is 1.57. The van der Waals surface area contributed by atoms with Crippen LogP contribution in [0.15, 0.2) is 53.1 Å². The highest BCUT2D eigenvalue weighted by Gasteiger charge is 2.12. The number of nitrogens with zero attached hydrogens (tertiary/aromatic N) is 3. The number of halogens is 1. The zero-order chi connectivity index (χ0) is 18.5. The molecule has 132 valence electrons. The van der Waals surface area contributed by atoms with Gasteiger partial charge >= 0.3 is 0 Å². The molecule has 1 aromatic heterocycles. The zero-order valence-electron chi connectivity index (χ0n) is 13.4. The molecule has 0 atom stereocenters. The summed E-state index contributed by atoms with van der Waals surface area (Å²) in [4.78, 5) is 26.3. The molecule has 0 aliphatic rings. The standard InChI is InChI=1S/C17H13FN4O4/c18-12-6-4-11(5-7-12)17-20-16(26-21-17)9-8-15(23)19-13-2-1-3-14(10-13)22(24)25/h1-7,10H,8-9H2,(H,19,23). The molecular weight excluding hydrogens is 343 g/mol. The Labute approximate surface area is 146 Å². The number of hydrogen-bond acceptors (Lipinski definition) is 6. The Morgan fingerprint density at radius 2 is 2.00 bits per heavy atom. The summed E-state index contributed by atoms with van der Waals surface area (Å²) in [6.07, 6.45) is 0.267. The number of carbonyl (C=O) groups is 1. The summed E-state index contributed by atoms with van der Waals surface area (Å²) in [7, 11) is 0. The molecule has 8 nitrogen and oxygen atoms in total. The predicted octanol–water partition coefficient (Wildman–Crippen LogP) is 3.36. The van der Waals surface area contributed by atoms with Gasteiger partial charge in [-0.25, -0.2) is 4.39 Å². The van der Waals surface area contributed by atoms with Crippen LogP contribution >= 0.6 is 0 Å². The number of rotatable bonds is 6. The van der Waals surface area contributed by atoms with E-state index in [4.69, 9.17) is 4.52 Å². The minimum Gasteiger partial charge on any atom is -0.339 e. The minimum atomic E-state index is -0.537. The van der Waals surface area contributed by atoms with E-state index in [1.54, 1.807) is 6.07 Å². The van der Waals surface area contributed by atoms with Crippen molar-refractivity contribution in [2.45, 2.75) is 12.8 Å². The molecule has 0 aliphatic heterocycles. The molecular formula is C17H13FN4O4. The maximum Gasteiger partial charge on any atom is 0.271 e. The fourth-order valence-electron chi connectivity index (χ4n) is 2.21. The summed E-state index contributed by atoms with van der Waals surface area (Å²) >= 11 is 0. The maximum atomic E-state index is 12.9. The molecule has 9 heteroatoms. The van der Waals surface area contributed by atoms with Gasteiger partial charge in [-0.2, -0.15) is 4.98 Å². The molecule has 0 saturated carbocycles. The fraction of sp³-hybridized carbons (Fsp3) is 0.118. The summed E-state index contributed by atoms with van der Waals surface area (Å²) in [6.45, 7) is 0.